The molecule has 0 saturated carbocycles. The minimum absolute atomic E-state index is 0.0395. The first-order valence-electron chi connectivity index (χ1n) is 9.35. The molecule has 27 heavy (non-hydrogen) atoms. The molecular formula is C22H24N2O3. The fourth-order valence-corrected chi connectivity index (χ4v) is 3.92. The molecule has 1 fully saturated rings. The highest BCUT2D eigenvalue weighted by Gasteiger charge is 2.43. The van der Waals surface area contributed by atoms with Crippen LogP contribution >= 0.6 is 0 Å². The average molecular weight is 364 g/mol. The highest BCUT2D eigenvalue weighted by molar-refractivity contribution is 6.00. The quantitative estimate of drug-likeness (QED) is 0.820. The van der Waals surface area contributed by atoms with Gasteiger partial charge in [-0.25, -0.2) is 0 Å². The Labute approximate surface area is 159 Å². The Morgan fingerprint density at radius 1 is 1.04 bits per heavy atom. The third-order valence-corrected chi connectivity index (χ3v) is 5.59. The number of nitrogens with zero attached hydrogens (tertiary/aromatic N) is 2. The van der Waals surface area contributed by atoms with Gasteiger partial charge in [0.05, 0.1) is 12.0 Å². The summed E-state index contributed by atoms with van der Waals surface area (Å²) in [5, 5.41) is 0. The van der Waals surface area contributed by atoms with E-state index in [-0.39, 0.29) is 11.7 Å². The van der Waals surface area contributed by atoms with Crippen LogP contribution in [0.5, 0.6) is 5.75 Å². The van der Waals surface area contributed by atoms with Gasteiger partial charge in [-0.15, -0.1) is 0 Å². The minimum Gasteiger partial charge on any atom is -0.486 e. The van der Waals surface area contributed by atoms with Crippen LogP contribution in [0.2, 0.25) is 0 Å². The Bertz CT molecular complexity index is 865. The van der Waals surface area contributed by atoms with Crippen molar-refractivity contribution in [3.8, 4) is 5.75 Å². The van der Waals surface area contributed by atoms with E-state index in [1.54, 1.807) is 0 Å². The smallest absolute Gasteiger partial charge is 0.253 e. The molecular weight excluding hydrogens is 340 g/mol. The molecule has 5 heteroatoms. The van der Waals surface area contributed by atoms with E-state index < -0.39 is 5.60 Å². The lowest BCUT2D eigenvalue weighted by Crippen LogP contribution is -2.52. The van der Waals surface area contributed by atoms with Crippen molar-refractivity contribution in [2.24, 2.45) is 0 Å². The van der Waals surface area contributed by atoms with E-state index in [0.717, 1.165) is 5.69 Å². The van der Waals surface area contributed by atoms with Crippen molar-refractivity contribution in [2.45, 2.75) is 24.9 Å². The summed E-state index contributed by atoms with van der Waals surface area (Å²) in [7, 11) is 3.95. The number of Topliss-reactive ketones (excluding diaryl/α,β-unsaturated/α-hetero) is 1. The Kier molecular flexibility index (Phi) is 4.38. The van der Waals surface area contributed by atoms with Crippen molar-refractivity contribution < 1.29 is 14.3 Å². The molecule has 0 bridgehead atoms. The van der Waals surface area contributed by atoms with E-state index in [2.05, 4.69) is 0 Å². The SMILES string of the molecule is CN(C)c1ccc(C(=O)N2CCC3(CC2)CC(=O)c2ccccc2O3)cc1. The monoisotopic (exact) mass is 364 g/mol. The van der Waals surface area contributed by atoms with Crippen LogP contribution in [0.15, 0.2) is 48.5 Å². The number of hydrogen-bond donors (Lipinski definition) is 0. The van der Waals surface area contributed by atoms with Gasteiger partial charge >= 0.3 is 0 Å². The zero-order valence-electron chi connectivity index (χ0n) is 15.8. The Morgan fingerprint density at radius 2 is 1.70 bits per heavy atom. The second-order valence-electron chi connectivity index (χ2n) is 7.61. The Balaban J connectivity index is 1.44. The normalized spacial score (nSPS) is 18.0. The average Bonchev–Trinajstić information content (AvgIpc) is 2.68. The number of carbonyl (C=O) groups excluding carboxylic acids is 2. The van der Waals surface area contributed by atoms with Gasteiger partial charge in [0.2, 0.25) is 0 Å². The number of para-hydroxylation sites is 1. The summed E-state index contributed by atoms with van der Waals surface area (Å²) < 4.78 is 6.24. The van der Waals surface area contributed by atoms with Gasteiger partial charge in [-0.05, 0) is 36.4 Å². The summed E-state index contributed by atoms with van der Waals surface area (Å²) in [6, 6.07) is 15.1. The van der Waals surface area contributed by atoms with Crippen LogP contribution in [0.3, 0.4) is 0 Å². The first-order chi connectivity index (χ1) is 13.0. The molecule has 2 aromatic rings. The third-order valence-electron chi connectivity index (χ3n) is 5.59. The molecule has 0 N–H and O–H groups in total. The molecule has 0 unspecified atom stereocenters. The van der Waals surface area contributed by atoms with Crippen molar-refractivity contribution >= 4 is 17.4 Å². The van der Waals surface area contributed by atoms with Gasteiger partial charge in [-0.3, -0.25) is 9.59 Å². The Hall–Kier alpha value is -2.82. The number of hydrogen-bond acceptors (Lipinski definition) is 4. The highest BCUT2D eigenvalue weighted by Crippen LogP contribution is 2.39. The largest absolute Gasteiger partial charge is 0.486 e. The maximum atomic E-state index is 12.8. The molecule has 0 atom stereocenters. The van der Waals surface area contributed by atoms with Crippen LogP contribution in [0.1, 0.15) is 40.0 Å². The van der Waals surface area contributed by atoms with Crippen LogP contribution in [0, 0.1) is 0 Å². The van der Waals surface area contributed by atoms with E-state index >= 15 is 0 Å². The molecule has 1 amide bonds. The molecule has 140 valence electrons. The number of anilines is 1. The lowest BCUT2D eigenvalue weighted by atomic mass is 9.82. The van der Waals surface area contributed by atoms with Crippen molar-refractivity contribution in [1.82, 2.24) is 4.90 Å². The topological polar surface area (TPSA) is 49.9 Å². The lowest BCUT2D eigenvalue weighted by molar-refractivity contribution is -0.00570. The zero-order valence-corrected chi connectivity index (χ0v) is 15.8. The van der Waals surface area contributed by atoms with Crippen molar-refractivity contribution in [1.29, 1.82) is 0 Å². The Morgan fingerprint density at radius 3 is 2.37 bits per heavy atom. The second kappa shape index (κ2) is 6.72. The van der Waals surface area contributed by atoms with Crippen LogP contribution in [-0.4, -0.2) is 49.4 Å². The van der Waals surface area contributed by atoms with E-state index in [9.17, 15) is 9.59 Å². The van der Waals surface area contributed by atoms with Crippen molar-refractivity contribution in [3.05, 3.63) is 59.7 Å². The second-order valence-corrected chi connectivity index (χ2v) is 7.61. The van der Waals surface area contributed by atoms with Crippen molar-refractivity contribution in [2.75, 3.05) is 32.1 Å². The number of fused-ring (bicyclic) bond motifs is 1. The molecule has 1 saturated heterocycles. The maximum absolute atomic E-state index is 12.8. The lowest BCUT2D eigenvalue weighted by Gasteiger charge is -2.44. The number of ether oxygens (including phenoxy) is 1. The van der Waals surface area contributed by atoms with Gasteiger partial charge in [-0.2, -0.15) is 0 Å². The van der Waals surface area contributed by atoms with Crippen LogP contribution in [0.25, 0.3) is 0 Å². The molecule has 0 aliphatic carbocycles. The van der Waals surface area contributed by atoms with E-state index in [1.807, 2.05) is 72.4 Å². The predicted octanol–water partition coefficient (Wildman–Crippen LogP) is 3.39. The highest BCUT2D eigenvalue weighted by atomic mass is 16.5. The van der Waals surface area contributed by atoms with Crippen LogP contribution in [-0.2, 0) is 0 Å². The van der Waals surface area contributed by atoms with Gasteiger partial charge in [0, 0.05) is 51.3 Å². The summed E-state index contributed by atoms with van der Waals surface area (Å²) in [5.41, 5.74) is 1.96. The number of carbonyl (C=O) groups is 2. The number of benzene rings is 2. The number of rotatable bonds is 2. The fraction of sp³-hybridized carbons (Fsp3) is 0.364. The van der Waals surface area contributed by atoms with Gasteiger partial charge in [0.15, 0.2) is 5.78 Å². The number of ketones is 1. The minimum atomic E-state index is -0.475. The maximum Gasteiger partial charge on any atom is 0.253 e. The summed E-state index contributed by atoms with van der Waals surface area (Å²) >= 11 is 0. The summed E-state index contributed by atoms with van der Waals surface area (Å²) in [5.74, 6) is 0.849. The van der Waals surface area contributed by atoms with E-state index in [0.29, 0.717) is 49.2 Å². The third kappa shape index (κ3) is 3.29. The van der Waals surface area contributed by atoms with Gasteiger partial charge in [0.25, 0.3) is 5.91 Å². The molecule has 2 aliphatic heterocycles. The van der Waals surface area contributed by atoms with Crippen LogP contribution < -0.4 is 9.64 Å². The summed E-state index contributed by atoms with van der Waals surface area (Å²) in [6.45, 7) is 1.20. The molecule has 2 aromatic carbocycles. The first kappa shape index (κ1) is 17.6. The van der Waals surface area contributed by atoms with Crippen molar-refractivity contribution in [3.63, 3.8) is 0 Å². The number of amides is 1. The molecule has 5 nitrogen and oxygen atoms in total. The van der Waals surface area contributed by atoms with Gasteiger partial charge in [-0.1, -0.05) is 12.1 Å². The standard InChI is InChI=1S/C22H24N2O3/c1-23(2)17-9-7-16(8-10-17)21(26)24-13-11-22(12-14-24)15-19(25)18-5-3-4-6-20(18)27-22/h3-10H,11-15H2,1-2H3. The van der Waals surface area contributed by atoms with Gasteiger partial charge < -0.3 is 14.5 Å². The molecule has 0 aromatic heterocycles. The molecule has 2 aliphatic rings. The van der Waals surface area contributed by atoms with Crippen LogP contribution in [0.4, 0.5) is 5.69 Å². The fourth-order valence-electron chi connectivity index (χ4n) is 3.92. The number of likely N-dealkylation sites (tertiary alicyclic amines) is 1. The van der Waals surface area contributed by atoms with Gasteiger partial charge in [0.1, 0.15) is 11.4 Å². The molecule has 0 radical (unpaired) electrons. The predicted molar refractivity (Wildman–Crippen MR) is 105 cm³/mol. The van der Waals surface area contributed by atoms with E-state index in [1.165, 1.54) is 0 Å². The zero-order chi connectivity index (χ0) is 19.0. The summed E-state index contributed by atoms with van der Waals surface area (Å²) in [4.78, 5) is 29.2. The molecule has 4 rings (SSSR count). The molecule has 2 heterocycles. The first-order valence-corrected chi connectivity index (χ1v) is 9.35. The number of piperidine rings is 1. The van der Waals surface area contributed by atoms with E-state index in [4.69, 9.17) is 4.74 Å². The molecule has 1 spiro atoms. The summed E-state index contributed by atoms with van der Waals surface area (Å²) in [6.07, 6.45) is 1.74.